The maximum absolute atomic E-state index is 10.7. The van der Waals surface area contributed by atoms with E-state index in [9.17, 15) is 4.79 Å². The summed E-state index contributed by atoms with van der Waals surface area (Å²) in [6, 6.07) is 0. The zero-order valence-electron chi connectivity index (χ0n) is 9.49. The molecule has 0 heterocycles. The Morgan fingerprint density at radius 1 is 1.00 bits per heavy atom. The predicted octanol–water partition coefficient (Wildman–Crippen LogP) is 1.60. The fourth-order valence-electron chi connectivity index (χ4n) is 0.866. The highest BCUT2D eigenvalue weighted by Crippen LogP contribution is 1.93. The van der Waals surface area contributed by atoms with Crippen LogP contribution in [0.2, 0.25) is 0 Å². The Morgan fingerprint density at radius 2 is 1.73 bits per heavy atom. The van der Waals surface area contributed by atoms with Crippen LogP contribution in [0, 0.1) is 0 Å². The Kier molecular flexibility index (Phi) is 10.7. The second kappa shape index (κ2) is 11.3. The van der Waals surface area contributed by atoms with E-state index in [0.717, 1.165) is 12.8 Å². The smallest absolute Gasteiger partial charge is 0.435 e. The second-order valence-corrected chi connectivity index (χ2v) is 2.84. The van der Waals surface area contributed by atoms with Gasteiger partial charge in [0.25, 0.3) is 0 Å². The lowest BCUT2D eigenvalue weighted by Crippen LogP contribution is -2.09. The number of unbranched alkanes of at least 4 members (excludes halogenated alkanes) is 1. The number of hydrogen-bond donors (Lipinski definition) is 0. The molecule has 0 aromatic heterocycles. The van der Waals surface area contributed by atoms with Crippen LogP contribution in [0.3, 0.4) is 0 Å². The molecule has 0 aliphatic carbocycles. The Labute approximate surface area is 90.6 Å². The van der Waals surface area contributed by atoms with Gasteiger partial charge in [0.2, 0.25) is 0 Å². The van der Waals surface area contributed by atoms with Gasteiger partial charge in [0.05, 0.1) is 26.4 Å². The van der Waals surface area contributed by atoms with Gasteiger partial charge in [-0.25, -0.2) is 4.79 Å². The summed E-state index contributed by atoms with van der Waals surface area (Å²) in [6.45, 7) is 4.35. The van der Waals surface area contributed by atoms with E-state index in [4.69, 9.17) is 14.2 Å². The molecule has 0 bridgehead atoms. The molecule has 0 aliphatic rings. The molecule has 0 aliphatic heterocycles. The van der Waals surface area contributed by atoms with E-state index in [0.29, 0.717) is 33.0 Å². The molecule has 0 saturated heterocycles. The molecule has 5 nitrogen and oxygen atoms in total. The molecule has 15 heavy (non-hydrogen) atoms. The van der Waals surface area contributed by atoms with Gasteiger partial charge in [0.1, 0.15) is 0 Å². The first-order chi connectivity index (χ1) is 7.31. The first kappa shape index (κ1) is 14.2. The normalized spacial score (nSPS) is 10.0. The molecule has 0 unspecified atom stereocenters. The van der Waals surface area contributed by atoms with Gasteiger partial charge in [-0.15, -0.1) is 0 Å². The fourth-order valence-corrected chi connectivity index (χ4v) is 0.866. The van der Waals surface area contributed by atoms with E-state index >= 15 is 0 Å². The summed E-state index contributed by atoms with van der Waals surface area (Å²) in [4.78, 5) is 10.7. The molecule has 0 amide bonds. The van der Waals surface area contributed by atoms with E-state index in [1.165, 1.54) is 0 Å². The zero-order chi connectivity index (χ0) is 11.4. The van der Waals surface area contributed by atoms with Gasteiger partial charge in [-0.1, -0.05) is 0 Å². The van der Waals surface area contributed by atoms with Gasteiger partial charge in [-0.05, 0) is 19.8 Å². The van der Waals surface area contributed by atoms with Crippen LogP contribution < -0.4 is 0 Å². The minimum atomic E-state index is -0.599. The standard InChI is InChI=1S/C10H20O5/c1-3-14-10(11)15-7-5-4-6-13-9-8-12-2/h3-9H2,1-2H3. The highest BCUT2D eigenvalue weighted by molar-refractivity contribution is 5.59. The van der Waals surface area contributed by atoms with Crippen molar-refractivity contribution in [1.82, 2.24) is 0 Å². The van der Waals surface area contributed by atoms with Crippen LogP contribution in [0.4, 0.5) is 4.79 Å². The quantitative estimate of drug-likeness (QED) is 0.436. The number of hydrogen-bond acceptors (Lipinski definition) is 5. The monoisotopic (exact) mass is 220 g/mol. The van der Waals surface area contributed by atoms with E-state index in [-0.39, 0.29) is 0 Å². The van der Waals surface area contributed by atoms with Crippen LogP contribution in [-0.2, 0) is 18.9 Å². The van der Waals surface area contributed by atoms with Crippen LogP contribution in [0.5, 0.6) is 0 Å². The van der Waals surface area contributed by atoms with Crippen LogP contribution in [0.15, 0.2) is 0 Å². The molecular formula is C10H20O5. The van der Waals surface area contributed by atoms with E-state index < -0.39 is 6.16 Å². The van der Waals surface area contributed by atoms with Gasteiger partial charge in [0, 0.05) is 13.7 Å². The summed E-state index contributed by atoms with van der Waals surface area (Å²) in [5, 5.41) is 0. The highest BCUT2D eigenvalue weighted by Gasteiger charge is 2.00. The van der Waals surface area contributed by atoms with Gasteiger partial charge in [0.15, 0.2) is 0 Å². The highest BCUT2D eigenvalue weighted by atomic mass is 16.7. The van der Waals surface area contributed by atoms with E-state index in [1.807, 2.05) is 0 Å². The van der Waals surface area contributed by atoms with Crippen LogP contribution in [-0.4, -0.2) is 46.3 Å². The van der Waals surface area contributed by atoms with Crippen molar-refractivity contribution >= 4 is 6.16 Å². The molecule has 0 fully saturated rings. The molecule has 0 rings (SSSR count). The molecular weight excluding hydrogens is 200 g/mol. The summed E-state index contributed by atoms with van der Waals surface area (Å²) in [5.41, 5.74) is 0. The maximum Gasteiger partial charge on any atom is 0.508 e. The first-order valence-electron chi connectivity index (χ1n) is 5.17. The lowest BCUT2D eigenvalue weighted by molar-refractivity contribution is 0.0495. The summed E-state index contributed by atoms with van der Waals surface area (Å²) in [7, 11) is 1.64. The lowest BCUT2D eigenvalue weighted by atomic mass is 10.3. The molecule has 0 N–H and O–H groups in total. The van der Waals surface area contributed by atoms with Crippen molar-refractivity contribution in [3.8, 4) is 0 Å². The van der Waals surface area contributed by atoms with E-state index in [2.05, 4.69) is 4.74 Å². The number of ether oxygens (including phenoxy) is 4. The van der Waals surface area contributed by atoms with Crippen molar-refractivity contribution in [2.45, 2.75) is 19.8 Å². The zero-order valence-corrected chi connectivity index (χ0v) is 9.49. The third-order valence-corrected chi connectivity index (χ3v) is 1.60. The average Bonchev–Trinajstić information content (AvgIpc) is 2.22. The predicted molar refractivity (Wildman–Crippen MR) is 54.9 cm³/mol. The molecule has 0 radical (unpaired) electrons. The number of carbonyl (C=O) groups is 1. The largest absolute Gasteiger partial charge is 0.508 e. The average molecular weight is 220 g/mol. The number of carbonyl (C=O) groups excluding carboxylic acids is 1. The van der Waals surface area contributed by atoms with Crippen LogP contribution in [0.25, 0.3) is 0 Å². The van der Waals surface area contributed by atoms with Crippen molar-refractivity contribution < 1.29 is 23.7 Å². The Balaban J connectivity index is 3.01. The van der Waals surface area contributed by atoms with Crippen LogP contribution in [0.1, 0.15) is 19.8 Å². The first-order valence-corrected chi connectivity index (χ1v) is 5.17. The lowest BCUT2D eigenvalue weighted by Gasteiger charge is -2.05. The molecule has 5 heteroatoms. The topological polar surface area (TPSA) is 54.0 Å². The third-order valence-electron chi connectivity index (χ3n) is 1.60. The summed E-state index contributed by atoms with van der Waals surface area (Å²) in [5.74, 6) is 0. The molecule has 0 saturated carbocycles. The summed E-state index contributed by atoms with van der Waals surface area (Å²) >= 11 is 0. The second-order valence-electron chi connectivity index (χ2n) is 2.84. The van der Waals surface area contributed by atoms with Crippen molar-refractivity contribution in [2.75, 3.05) is 40.1 Å². The molecule has 0 atom stereocenters. The summed E-state index contributed by atoms with van der Waals surface area (Å²) < 4.78 is 19.4. The fraction of sp³-hybridized carbons (Fsp3) is 0.900. The van der Waals surface area contributed by atoms with Gasteiger partial charge in [-0.2, -0.15) is 0 Å². The SMILES string of the molecule is CCOC(=O)OCCCCOCCOC. The van der Waals surface area contributed by atoms with Gasteiger partial charge < -0.3 is 18.9 Å². The molecule has 0 aromatic rings. The van der Waals surface area contributed by atoms with E-state index in [1.54, 1.807) is 14.0 Å². The Morgan fingerprint density at radius 3 is 2.40 bits per heavy atom. The molecule has 0 aromatic carbocycles. The number of rotatable bonds is 9. The third kappa shape index (κ3) is 11.1. The van der Waals surface area contributed by atoms with Crippen LogP contribution >= 0.6 is 0 Å². The van der Waals surface area contributed by atoms with Gasteiger partial charge >= 0.3 is 6.16 Å². The maximum atomic E-state index is 10.7. The van der Waals surface area contributed by atoms with Gasteiger partial charge in [-0.3, -0.25) is 0 Å². The Hall–Kier alpha value is -0.810. The minimum Gasteiger partial charge on any atom is -0.435 e. The van der Waals surface area contributed by atoms with Crippen molar-refractivity contribution in [3.05, 3.63) is 0 Å². The molecule has 90 valence electrons. The van der Waals surface area contributed by atoms with Crippen molar-refractivity contribution in [3.63, 3.8) is 0 Å². The van der Waals surface area contributed by atoms with Crippen molar-refractivity contribution in [2.24, 2.45) is 0 Å². The summed E-state index contributed by atoms with van der Waals surface area (Å²) in [6.07, 6.45) is 1.05. The minimum absolute atomic E-state index is 0.346. The molecule has 0 spiro atoms. The van der Waals surface area contributed by atoms with Crippen molar-refractivity contribution in [1.29, 1.82) is 0 Å². The number of methoxy groups -OCH3 is 1. The Bertz CT molecular complexity index is 149.